The van der Waals surface area contributed by atoms with Crippen molar-refractivity contribution in [2.24, 2.45) is 0 Å². The van der Waals surface area contributed by atoms with Crippen molar-refractivity contribution >= 4 is 39.2 Å². The highest BCUT2D eigenvalue weighted by molar-refractivity contribution is 7.19. The maximum atomic E-state index is 12.6. The van der Waals surface area contributed by atoms with E-state index in [-0.39, 0.29) is 5.91 Å². The molecule has 1 fully saturated rings. The first-order chi connectivity index (χ1) is 13.2. The molecule has 1 aliphatic heterocycles. The third kappa shape index (κ3) is 4.03. The summed E-state index contributed by atoms with van der Waals surface area (Å²) < 4.78 is 1.14. The Balaban J connectivity index is 1.45. The summed E-state index contributed by atoms with van der Waals surface area (Å²) in [6.45, 7) is 2.81. The minimum absolute atomic E-state index is 0.00881. The highest BCUT2D eigenvalue weighted by Gasteiger charge is 2.17. The lowest BCUT2D eigenvalue weighted by Crippen LogP contribution is -2.26. The van der Waals surface area contributed by atoms with Gasteiger partial charge in [0.05, 0.1) is 10.2 Å². The molecule has 1 aliphatic rings. The second-order valence-corrected chi connectivity index (χ2v) is 7.93. The van der Waals surface area contributed by atoms with Crippen LogP contribution in [0.1, 0.15) is 23.4 Å². The molecule has 0 radical (unpaired) electrons. The Morgan fingerprint density at radius 3 is 2.70 bits per heavy atom. The number of benzene rings is 2. The van der Waals surface area contributed by atoms with Gasteiger partial charge in [0.2, 0.25) is 5.91 Å². The van der Waals surface area contributed by atoms with Crippen LogP contribution in [0.2, 0.25) is 0 Å². The minimum atomic E-state index is -0.00881. The summed E-state index contributed by atoms with van der Waals surface area (Å²) in [4.78, 5) is 21.3. The molecule has 0 unspecified atom stereocenters. The van der Waals surface area contributed by atoms with Crippen LogP contribution in [-0.2, 0) is 11.3 Å². The van der Waals surface area contributed by atoms with Gasteiger partial charge < -0.3 is 9.80 Å². The van der Waals surface area contributed by atoms with E-state index in [4.69, 9.17) is 0 Å². The first kappa shape index (κ1) is 17.7. The molecule has 2 aromatic carbocycles. The van der Waals surface area contributed by atoms with Crippen molar-refractivity contribution < 1.29 is 4.79 Å². The molecule has 2 heterocycles. The van der Waals surface area contributed by atoms with Gasteiger partial charge in [0.25, 0.3) is 0 Å². The fraction of sp³-hybridized carbons (Fsp3) is 0.273. The fourth-order valence-electron chi connectivity index (χ4n) is 3.48. The van der Waals surface area contributed by atoms with Crippen molar-refractivity contribution in [1.82, 2.24) is 9.88 Å². The van der Waals surface area contributed by atoms with Crippen LogP contribution in [0.3, 0.4) is 0 Å². The summed E-state index contributed by atoms with van der Waals surface area (Å²) in [7, 11) is 1.85. The number of aromatic nitrogens is 1. The molecule has 4 rings (SSSR count). The van der Waals surface area contributed by atoms with E-state index in [1.807, 2.05) is 43.5 Å². The Morgan fingerprint density at radius 2 is 1.89 bits per heavy atom. The van der Waals surface area contributed by atoms with Gasteiger partial charge >= 0.3 is 0 Å². The van der Waals surface area contributed by atoms with E-state index in [2.05, 4.69) is 28.1 Å². The lowest BCUT2D eigenvalue weighted by Gasteiger charge is -2.24. The molecule has 0 saturated carbocycles. The zero-order valence-electron chi connectivity index (χ0n) is 15.5. The first-order valence-electron chi connectivity index (χ1n) is 9.32. The van der Waals surface area contributed by atoms with Crippen LogP contribution < -0.4 is 4.90 Å². The SMILES string of the molecule is CN(Cc1ccccc1N1CCCC1)C(=O)/C=C/c1nc2ccccc2s1. The van der Waals surface area contributed by atoms with Gasteiger partial charge in [0.15, 0.2) is 0 Å². The number of thiazole rings is 1. The van der Waals surface area contributed by atoms with Gasteiger partial charge in [-0.05, 0) is 42.7 Å². The number of nitrogens with zero attached hydrogens (tertiary/aromatic N) is 3. The van der Waals surface area contributed by atoms with Gasteiger partial charge in [-0.15, -0.1) is 11.3 Å². The number of hydrogen-bond donors (Lipinski definition) is 0. The summed E-state index contributed by atoms with van der Waals surface area (Å²) in [5.74, 6) is -0.00881. The summed E-state index contributed by atoms with van der Waals surface area (Å²) in [6.07, 6.45) is 5.92. The number of rotatable bonds is 5. The molecule has 0 N–H and O–H groups in total. The van der Waals surface area contributed by atoms with Gasteiger partial charge in [-0.3, -0.25) is 4.79 Å². The van der Waals surface area contributed by atoms with Crippen LogP contribution >= 0.6 is 11.3 Å². The highest BCUT2D eigenvalue weighted by Crippen LogP contribution is 2.26. The van der Waals surface area contributed by atoms with Crippen molar-refractivity contribution in [3.63, 3.8) is 0 Å². The molecule has 3 aromatic rings. The maximum absolute atomic E-state index is 12.6. The van der Waals surface area contributed by atoms with Crippen LogP contribution in [0.15, 0.2) is 54.6 Å². The average molecular weight is 378 g/mol. The normalized spacial score (nSPS) is 14.3. The minimum Gasteiger partial charge on any atom is -0.371 e. The number of carbonyl (C=O) groups is 1. The van der Waals surface area contributed by atoms with E-state index < -0.39 is 0 Å². The molecule has 27 heavy (non-hydrogen) atoms. The predicted octanol–water partition coefficient (Wildman–Crippen LogP) is 4.57. The number of para-hydroxylation sites is 2. The van der Waals surface area contributed by atoms with Gasteiger partial charge in [0.1, 0.15) is 5.01 Å². The highest BCUT2D eigenvalue weighted by atomic mass is 32.1. The van der Waals surface area contributed by atoms with Crippen molar-refractivity contribution in [2.75, 3.05) is 25.0 Å². The van der Waals surface area contributed by atoms with Crippen molar-refractivity contribution in [3.8, 4) is 0 Å². The molecular formula is C22H23N3OS. The second-order valence-electron chi connectivity index (χ2n) is 6.87. The van der Waals surface area contributed by atoms with E-state index in [0.29, 0.717) is 6.54 Å². The Bertz CT molecular complexity index is 939. The number of amides is 1. The lowest BCUT2D eigenvalue weighted by atomic mass is 10.1. The zero-order valence-corrected chi connectivity index (χ0v) is 16.3. The number of fused-ring (bicyclic) bond motifs is 1. The molecule has 0 aliphatic carbocycles. The maximum Gasteiger partial charge on any atom is 0.246 e. The van der Waals surface area contributed by atoms with E-state index >= 15 is 0 Å². The van der Waals surface area contributed by atoms with E-state index in [9.17, 15) is 4.79 Å². The molecule has 5 heteroatoms. The number of hydrogen-bond acceptors (Lipinski definition) is 4. The first-order valence-corrected chi connectivity index (χ1v) is 10.1. The van der Waals surface area contributed by atoms with Crippen molar-refractivity contribution in [2.45, 2.75) is 19.4 Å². The Kier molecular flexibility index (Phi) is 5.21. The standard InChI is InChI=1S/C22H23N3OS/c1-24(16-17-8-2-4-10-19(17)25-14-6-7-15-25)22(26)13-12-21-23-18-9-3-5-11-20(18)27-21/h2-5,8-13H,6-7,14-16H2,1H3/b13-12+. The van der Waals surface area contributed by atoms with Gasteiger partial charge in [-0.25, -0.2) is 4.98 Å². The van der Waals surface area contributed by atoms with Gasteiger partial charge in [0, 0.05) is 38.4 Å². The predicted molar refractivity (Wildman–Crippen MR) is 113 cm³/mol. The lowest BCUT2D eigenvalue weighted by molar-refractivity contribution is -0.125. The monoisotopic (exact) mass is 377 g/mol. The Morgan fingerprint density at radius 1 is 1.15 bits per heavy atom. The average Bonchev–Trinajstić information content (AvgIpc) is 3.36. The van der Waals surface area contributed by atoms with Gasteiger partial charge in [-0.2, -0.15) is 0 Å². The molecule has 1 aromatic heterocycles. The number of carbonyl (C=O) groups excluding carboxylic acids is 1. The number of anilines is 1. The van der Waals surface area contributed by atoms with Gasteiger partial charge in [-0.1, -0.05) is 30.3 Å². The number of likely N-dealkylation sites (N-methyl/N-ethyl adjacent to an activating group) is 1. The molecule has 138 valence electrons. The van der Waals surface area contributed by atoms with Crippen LogP contribution in [0.5, 0.6) is 0 Å². The molecule has 1 amide bonds. The summed E-state index contributed by atoms with van der Waals surface area (Å²) in [6, 6.07) is 16.4. The smallest absolute Gasteiger partial charge is 0.246 e. The van der Waals surface area contributed by atoms with Crippen LogP contribution in [-0.4, -0.2) is 35.9 Å². The third-order valence-corrected chi connectivity index (χ3v) is 5.90. The van der Waals surface area contributed by atoms with E-state index in [1.54, 1.807) is 22.3 Å². The van der Waals surface area contributed by atoms with Crippen molar-refractivity contribution in [3.05, 3.63) is 65.2 Å². The summed E-state index contributed by atoms with van der Waals surface area (Å²) in [5.41, 5.74) is 3.43. The Hall–Kier alpha value is -2.66. The van der Waals surface area contributed by atoms with Crippen LogP contribution in [0.4, 0.5) is 5.69 Å². The second kappa shape index (κ2) is 7.92. The Labute approximate surface area is 163 Å². The quantitative estimate of drug-likeness (QED) is 0.611. The molecular weight excluding hydrogens is 354 g/mol. The van der Waals surface area contributed by atoms with Crippen molar-refractivity contribution in [1.29, 1.82) is 0 Å². The molecule has 0 atom stereocenters. The molecule has 4 nitrogen and oxygen atoms in total. The summed E-state index contributed by atoms with van der Waals surface area (Å²) >= 11 is 1.60. The van der Waals surface area contributed by atoms with E-state index in [1.165, 1.54) is 24.1 Å². The molecule has 0 spiro atoms. The largest absolute Gasteiger partial charge is 0.371 e. The summed E-state index contributed by atoms with van der Waals surface area (Å²) in [5, 5.41) is 0.857. The van der Waals surface area contributed by atoms with Crippen LogP contribution in [0, 0.1) is 0 Å². The zero-order chi connectivity index (χ0) is 18.6. The molecule has 0 bridgehead atoms. The topological polar surface area (TPSA) is 36.4 Å². The third-order valence-electron chi connectivity index (χ3n) is 4.90. The van der Waals surface area contributed by atoms with Crippen LogP contribution in [0.25, 0.3) is 16.3 Å². The molecule has 1 saturated heterocycles. The van der Waals surface area contributed by atoms with E-state index in [0.717, 1.165) is 28.3 Å². The fourth-order valence-corrected chi connectivity index (χ4v) is 4.35.